The lowest BCUT2D eigenvalue weighted by molar-refractivity contribution is -0.270. The molecule has 0 atom stereocenters. The number of benzene rings is 1. The molecule has 1 saturated carbocycles. The first kappa shape index (κ1) is 19.3. The summed E-state index contributed by atoms with van der Waals surface area (Å²) in [5.74, 6) is -0.844. The van der Waals surface area contributed by atoms with Gasteiger partial charge in [0.2, 0.25) is 0 Å². The maximum atomic E-state index is 13.3. The normalized spacial score (nSPS) is 23.1. The minimum Gasteiger partial charge on any atom is -0.380 e. The van der Waals surface area contributed by atoms with Gasteiger partial charge < -0.3 is 10.4 Å². The smallest absolute Gasteiger partial charge is 0.380 e. The number of amides is 1. The Morgan fingerprint density at radius 3 is 2.44 bits per heavy atom. The zero-order valence-electron chi connectivity index (χ0n) is 14.3. The van der Waals surface area contributed by atoms with Crippen LogP contribution < -0.4 is 5.32 Å². The van der Waals surface area contributed by atoms with Gasteiger partial charge in [0.25, 0.3) is 5.91 Å². The van der Waals surface area contributed by atoms with Crippen LogP contribution in [0.4, 0.5) is 17.6 Å². The first-order valence-corrected chi connectivity index (χ1v) is 8.50. The average Bonchev–Trinajstić information content (AvgIpc) is 2.63. The van der Waals surface area contributed by atoms with Gasteiger partial charge in [-0.05, 0) is 49.9 Å². The van der Waals surface area contributed by atoms with Crippen LogP contribution in [-0.4, -0.2) is 33.8 Å². The molecule has 3 rings (SSSR count). The number of hydrogen-bond donors (Lipinski definition) is 2. The highest BCUT2D eigenvalue weighted by molar-refractivity contribution is 5.94. The number of halogens is 4. The summed E-state index contributed by atoms with van der Waals surface area (Å²) in [6, 6.07) is 8.54. The molecule has 144 valence electrons. The van der Waals surface area contributed by atoms with Gasteiger partial charge in [0, 0.05) is 17.8 Å². The fraction of sp³-hybridized carbons (Fsp3) is 0.368. The summed E-state index contributed by atoms with van der Waals surface area (Å²) in [4.78, 5) is 16.4. The SMILES string of the molecule is O=C(NC1CCC(O)(C(F)(F)F)CC1)c1ccc(-c2cccc(F)c2)nc1. The van der Waals surface area contributed by atoms with E-state index in [2.05, 4.69) is 10.3 Å². The number of pyridine rings is 1. The Kier molecular flexibility index (Phi) is 5.19. The molecule has 1 aliphatic rings. The third-order valence-corrected chi connectivity index (χ3v) is 4.82. The summed E-state index contributed by atoms with van der Waals surface area (Å²) in [5.41, 5.74) is -1.35. The molecule has 27 heavy (non-hydrogen) atoms. The van der Waals surface area contributed by atoms with Crippen LogP contribution in [0, 0.1) is 5.82 Å². The summed E-state index contributed by atoms with van der Waals surface area (Å²) in [6.07, 6.45) is -4.15. The van der Waals surface area contributed by atoms with Crippen LogP contribution in [0.25, 0.3) is 11.3 Å². The van der Waals surface area contributed by atoms with E-state index >= 15 is 0 Å². The molecule has 1 aliphatic carbocycles. The maximum Gasteiger partial charge on any atom is 0.417 e. The minimum absolute atomic E-state index is 0.0382. The Bertz CT molecular complexity index is 813. The van der Waals surface area contributed by atoms with E-state index in [4.69, 9.17) is 0 Å². The van der Waals surface area contributed by atoms with Gasteiger partial charge in [0.05, 0.1) is 11.3 Å². The number of rotatable bonds is 3. The van der Waals surface area contributed by atoms with Gasteiger partial charge in [0.15, 0.2) is 5.60 Å². The Hall–Kier alpha value is -2.48. The van der Waals surface area contributed by atoms with Crippen molar-refractivity contribution in [3.8, 4) is 11.3 Å². The molecule has 1 heterocycles. The molecular weight excluding hydrogens is 364 g/mol. The van der Waals surface area contributed by atoms with Crippen molar-refractivity contribution in [1.29, 1.82) is 0 Å². The maximum absolute atomic E-state index is 13.3. The predicted molar refractivity (Wildman–Crippen MR) is 90.4 cm³/mol. The van der Waals surface area contributed by atoms with E-state index in [9.17, 15) is 27.5 Å². The fourth-order valence-corrected chi connectivity index (χ4v) is 3.14. The molecule has 2 aromatic rings. The molecule has 4 nitrogen and oxygen atoms in total. The number of alkyl halides is 3. The Balaban J connectivity index is 1.61. The van der Waals surface area contributed by atoms with Crippen LogP contribution in [0.5, 0.6) is 0 Å². The summed E-state index contributed by atoms with van der Waals surface area (Å²) < 4.78 is 51.7. The summed E-state index contributed by atoms with van der Waals surface area (Å²) in [5, 5.41) is 12.3. The number of carbonyl (C=O) groups excluding carboxylic acids is 1. The lowest BCUT2D eigenvalue weighted by Gasteiger charge is -2.37. The van der Waals surface area contributed by atoms with Gasteiger partial charge in [-0.1, -0.05) is 12.1 Å². The van der Waals surface area contributed by atoms with Crippen molar-refractivity contribution in [3.63, 3.8) is 0 Å². The van der Waals surface area contributed by atoms with E-state index in [1.165, 1.54) is 24.4 Å². The third kappa shape index (κ3) is 4.27. The van der Waals surface area contributed by atoms with Crippen molar-refractivity contribution >= 4 is 5.91 Å². The molecule has 0 unspecified atom stereocenters. The van der Waals surface area contributed by atoms with E-state index in [1.54, 1.807) is 18.2 Å². The van der Waals surface area contributed by atoms with Gasteiger partial charge in [-0.2, -0.15) is 13.2 Å². The third-order valence-electron chi connectivity index (χ3n) is 4.82. The second kappa shape index (κ2) is 7.26. The molecular formula is C19H18F4N2O2. The van der Waals surface area contributed by atoms with Gasteiger partial charge in [-0.3, -0.25) is 9.78 Å². The second-order valence-electron chi connectivity index (χ2n) is 6.72. The van der Waals surface area contributed by atoms with Crippen molar-refractivity contribution in [2.45, 2.75) is 43.5 Å². The molecule has 0 aliphatic heterocycles. The van der Waals surface area contributed by atoms with E-state index < -0.39 is 42.4 Å². The lowest BCUT2D eigenvalue weighted by Crippen LogP contribution is -2.51. The van der Waals surface area contributed by atoms with Crippen LogP contribution in [0.3, 0.4) is 0 Å². The molecule has 8 heteroatoms. The standard InChI is InChI=1S/C19H18F4N2O2/c20-14-3-1-2-12(10-14)16-5-4-13(11-24-16)17(26)25-15-6-8-18(27,9-7-15)19(21,22)23/h1-5,10-11,15,27H,6-9H2,(H,25,26). The second-order valence-corrected chi connectivity index (χ2v) is 6.72. The highest BCUT2D eigenvalue weighted by atomic mass is 19.4. The van der Waals surface area contributed by atoms with Crippen molar-refractivity contribution in [1.82, 2.24) is 10.3 Å². The minimum atomic E-state index is -4.67. The van der Waals surface area contributed by atoms with E-state index in [-0.39, 0.29) is 18.4 Å². The highest BCUT2D eigenvalue weighted by Crippen LogP contribution is 2.41. The molecule has 0 radical (unpaired) electrons. The number of aromatic nitrogens is 1. The quantitative estimate of drug-likeness (QED) is 0.793. The van der Waals surface area contributed by atoms with Crippen LogP contribution in [0.2, 0.25) is 0 Å². The first-order valence-electron chi connectivity index (χ1n) is 8.50. The van der Waals surface area contributed by atoms with E-state index in [0.717, 1.165) is 0 Å². The molecule has 0 saturated heterocycles. The molecule has 1 aromatic heterocycles. The monoisotopic (exact) mass is 382 g/mol. The summed E-state index contributed by atoms with van der Waals surface area (Å²) in [7, 11) is 0. The first-order chi connectivity index (χ1) is 12.7. The van der Waals surface area contributed by atoms with Crippen molar-refractivity contribution in [3.05, 3.63) is 54.0 Å². The zero-order chi connectivity index (χ0) is 19.7. The molecule has 0 bridgehead atoms. The predicted octanol–water partition coefficient (Wildman–Crippen LogP) is 3.85. The van der Waals surface area contributed by atoms with E-state index in [1.807, 2.05) is 0 Å². The van der Waals surface area contributed by atoms with Gasteiger partial charge in [-0.15, -0.1) is 0 Å². The van der Waals surface area contributed by atoms with Gasteiger partial charge in [0.1, 0.15) is 5.82 Å². The molecule has 2 N–H and O–H groups in total. The van der Waals surface area contributed by atoms with Crippen LogP contribution in [-0.2, 0) is 0 Å². The Morgan fingerprint density at radius 1 is 1.19 bits per heavy atom. The topological polar surface area (TPSA) is 62.2 Å². The largest absolute Gasteiger partial charge is 0.417 e. The van der Waals surface area contributed by atoms with Gasteiger partial charge in [-0.25, -0.2) is 4.39 Å². The fourth-order valence-electron chi connectivity index (χ4n) is 3.14. The van der Waals surface area contributed by atoms with Crippen molar-refractivity contribution in [2.75, 3.05) is 0 Å². The summed E-state index contributed by atoms with van der Waals surface area (Å²) >= 11 is 0. The molecule has 1 aromatic carbocycles. The Morgan fingerprint density at radius 2 is 1.89 bits per heavy atom. The van der Waals surface area contributed by atoms with Crippen LogP contribution >= 0.6 is 0 Å². The number of nitrogens with one attached hydrogen (secondary N) is 1. The average molecular weight is 382 g/mol. The lowest BCUT2D eigenvalue weighted by atomic mass is 9.81. The molecule has 1 fully saturated rings. The molecule has 0 spiro atoms. The van der Waals surface area contributed by atoms with Crippen LogP contribution in [0.15, 0.2) is 42.6 Å². The van der Waals surface area contributed by atoms with Gasteiger partial charge >= 0.3 is 6.18 Å². The van der Waals surface area contributed by atoms with Crippen LogP contribution in [0.1, 0.15) is 36.0 Å². The van der Waals surface area contributed by atoms with Crippen molar-refractivity contribution < 1.29 is 27.5 Å². The molecule has 1 amide bonds. The summed E-state index contributed by atoms with van der Waals surface area (Å²) in [6.45, 7) is 0. The number of nitrogens with zero attached hydrogens (tertiary/aromatic N) is 1. The van der Waals surface area contributed by atoms with E-state index in [0.29, 0.717) is 11.3 Å². The number of carbonyl (C=O) groups is 1. The number of aliphatic hydroxyl groups is 1. The number of hydrogen-bond acceptors (Lipinski definition) is 3. The highest BCUT2D eigenvalue weighted by Gasteiger charge is 2.54. The zero-order valence-corrected chi connectivity index (χ0v) is 14.3. The van der Waals surface area contributed by atoms with Crippen molar-refractivity contribution in [2.24, 2.45) is 0 Å². The Labute approximate surface area is 153 Å².